The summed E-state index contributed by atoms with van der Waals surface area (Å²) in [7, 11) is 1.71. The largest absolute Gasteiger partial charge is 0.497 e. The molecule has 0 bridgehead atoms. The number of fused-ring (bicyclic) bond motifs is 1. The van der Waals surface area contributed by atoms with Crippen LogP contribution < -0.4 is 10.1 Å². The SMILES string of the molecule is CCCCCN1CN(CCCc2cccc(OC)c2)C=C2NC(Cl)N=C21. The van der Waals surface area contributed by atoms with Crippen molar-refractivity contribution in [2.45, 2.75) is 44.7 Å². The molecule has 0 saturated heterocycles. The van der Waals surface area contributed by atoms with Crippen molar-refractivity contribution < 1.29 is 4.74 Å². The Bertz CT molecular complexity index is 661. The molecule has 0 saturated carbocycles. The molecule has 1 atom stereocenters. The number of hydrogen-bond donors (Lipinski definition) is 1. The lowest BCUT2D eigenvalue weighted by atomic mass is 10.1. The van der Waals surface area contributed by atoms with E-state index < -0.39 is 0 Å². The van der Waals surface area contributed by atoms with Gasteiger partial charge >= 0.3 is 0 Å². The van der Waals surface area contributed by atoms with E-state index in [1.54, 1.807) is 7.11 Å². The second-order valence-corrected chi connectivity index (χ2v) is 7.27. The molecule has 1 N–H and O–H groups in total. The molecule has 1 aromatic carbocycles. The minimum atomic E-state index is -0.346. The molecule has 0 fully saturated rings. The van der Waals surface area contributed by atoms with E-state index in [1.807, 2.05) is 6.07 Å². The van der Waals surface area contributed by atoms with E-state index in [0.29, 0.717) is 0 Å². The van der Waals surface area contributed by atoms with Gasteiger partial charge in [0, 0.05) is 19.3 Å². The Hall–Kier alpha value is -1.88. The Kier molecular flexibility index (Phi) is 6.67. The van der Waals surface area contributed by atoms with Crippen LogP contribution in [0.1, 0.15) is 38.2 Å². The number of amidine groups is 1. The highest BCUT2D eigenvalue weighted by atomic mass is 35.5. The van der Waals surface area contributed by atoms with Crippen molar-refractivity contribution >= 4 is 17.4 Å². The van der Waals surface area contributed by atoms with E-state index >= 15 is 0 Å². The number of rotatable bonds is 9. The van der Waals surface area contributed by atoms with E-state index in [1.165, 1.54) is 24.8 Å². The fraction of sp³-hybridized carbons (Fsp3) is 0.550. The lowest BCUT2D eigenvalue weighted by Crippen LogP contribution is -2.45. The number of aliphatic imine (C=N–C) groups is 1. The number of aryl methyl sites for hydroxylation is 1. The molecule has 1 aromatic rings. The molecule has 2 aliphatic rings. The number of hydrogen-bond acceptors (Lipinski definition) is 5. The first-order chi connectivity index (χ1) is 12.7. The summed E-state index contributed by atoms with van der Waals surface area (Å²) < 4.78 is 5.31. The highest BCUT2D eigenvalue weighted by Crippen LogP contribution is 2.21. The quantitative estimate of drug-likeness (QED) is 0.404. The second kappa shape index (κ2) is 9.17. The third-order valence-corrected chi connectivity index (χ3v) is 5.00. The normalized spacial score (nSPS) is 19.0. The van der Waals surface area contributed by atoms with Crippen molar-refractivity contribution in [3.8, 4) is 5.75 Å². The van der Waals surface area contributed by atoms with Crippen LogP contribution in [0.15, 0.2) is 41.2 Å². The molecule has 3 rings (SSSR count). The predicted octanol–water partition coefficient (Wildman–Crippen LogP) is 3.76. The van der Waals surface area contributed by atoms with Crippen LogP contribution >= 0.6 is 11.6 Å². The molecule has 142 valence electrons. The van der Waals surface area contributed by atoms with Gasteiger partial charge in [-0.1, -0.05) is 43.5 Å². The van der Waals surface area contributed by atoms with Crippen molar-refractivity contribution in [1.82, 2.24) is 15.1 Å². The van der Waals surface area contributed by atoms with Gasteiger partial charge < -0.3 is 19.9 Å². The lowest BCUT2D eigenvalue weighted by molar-refractivity contribution is 0.230. The van der Waals surface area contributed by atoms with Crippen LogP contribution in [0.5, 0.6) is 5.75 Å². The fourth-order valence-corrected chi connectivity index (χ4v) is 3.65. The zero-order chi connectivity index (χ0) is 18.4. The van der Waals surface area contributed by atoms with Crippen LogP contribution in [-0.2, 0) is 6.42 Å². The summed E-state index contributed by atoms with van der Waals surface area (Å²) in [5, 5.41) is 3.25. The second-order valence-electron chi connectivity index (χ2n) is 6.86. The third kappa shape index (κ3) is 4.85. The van der Waals surface area contributed by atoms with Gasteiger partial charge in [0.1, 0.15) is 5.75 Å². The van der Waals surface area contributed by atoms with Crippen molar-refractivity contribution in [2.24, 2.45) is 4.99 Å². The number of methoxy groups -OCH3 is 1. The van der Waals surface area contributed by atoms with E-state index in [-0.39, 0.29) is 5.62 Å². The molecule has 26 heavy (non-hydrogen) atoms. The molecule has 0 aliphatic carbocycles. The van der Waals surface area contributed by atoms with Crippen molar-refractivity contribution in [2.75, 3.05) is 26.9 Å². The number of alkyl halides is 1. The maximum Gasteiger partial charge on any atom is 0.197 e. The summed E-state index contributed by atoms with van der Waals surface area (Å²) in [6.07, 6.45) is 7.96. The maximum atomic E-state index is 6.18. The first kappa shape index (κ1) is 18.9. The van der Waals surface area contributed by atoms with Crippen molar-refractivity contribution in [3.63, 3.8) is 0 Å². The number of nitrogens with zero attached hydrogens (tertiary/aromatic N) is 3. The van der Waals surface area contributed by atoms with Gasteiger partial charge in [-0.25, -0.2) is 4.99 Å². The Morgan fingerprint density at radius 1 is 1.27 bits per heavy atom. The highest BCUT2D eigenvalue weighted by Gasteiger charge is 2.29. The van der Waals surface area contributed by atoms with E-state index in [4.69, 9.17) is 16.3 Å². The van der Waals surface area contributed by atoms with Gasteiger partial charge in [0.2, 0.25) is 0 Å². The predicted molar refractivity (Wildman–Crippen MR) is 107 cm³/mol. The van der Waals surface area contributed by atoms with Gasteiger partial charge in [-0.3, -0.25) is 0 Å². The molecule has 0 aromatic heterocycles. The average molecular weight is 377 g/mol. The molecule has 5 nitrogen and oxygen atoms in total. The number of halogens is 1. The number of unbranched alkanes of at least 4 members (excludes halogenated alkanes) is 2. The van der Waals surface area contributed by atoms with Crippen LogP contribution in [0.25, 0.3) is 0 Å². The van der Waals surface area contributed by atoms with Crippen LogP contribution in [0.3, 0.4) is 0 Å². The van der Waals surface area contributed by atoms with Gasteiger partial charge in [0.05, 0.1) is 19.5 Å². The third-order valence-electron chi connectivity index (χ3n) is 4.79. The standard InChI is InChI=1S/C20H29ClN4O/c1-3-4-5-12-25-15-24(14-18-19(25)23-20(21)22-18)11-7-9-16-8-6-10-17(13-16)26-2/h6,8,10,13-14,20,22H,3-5,7,9,11-12,15H2,1-2H3. The van der Waals surface area contributed by atoms with Gasteiger partial charge in [0.15, 0.2) is 11.5 Å². The average Bonchev–Trinajstić information content (AvgIpc) is 3.02. The first-order valence-electron chi connectivity index (χ1n) is 9.52. The molecule has 2 heterocycles. The molecular formula is C20H29ClN4O. The summed E-state index contributed by atoms with van der Waals surface area (Å²) >= 11 is 6.18. The first-order valence-corrected chi connectivity index (χ1v) is 9.95. The van der Waals surface area contributed by atoms with Crippen molar-refractivity contribution in [3.05, 3.63) is 41.7 Å². The summed E-state index contributed by atoms with van der Waals surface area (Å²) in [6.45, 7) is 5.15. The summed E-state index contributed by atoms with van der Waals surface area (Å²) in [6, 6.07) is 8.32. The molecule has 0 spiro atoms. The minimum Gasteiger partial charge on any atom is -0.497 e. The summed E-state index contributed by atoms with van der Waals surface area (Å²) in [5.74, 6) is 1.94. The van der Waals surface area contributed by atoms with Crippen LogP contribution in [-0.4, -0.2) is 48.1 Å². The zero-order valence-electron chi connectivity index (χ0n) is 15.7. The molecule has 2 aliphatic heterocycles. The van der Waals surface area contributed by atoms with Crippen LogP contribution in [0.2, 0.25) is 0 Å². The smallest absolute Gasteiger partial charge is 0.197 e. The number of benzene rings is 1. The topological polar surface area (TPSA) is 40.1 Å². The highest BCUT2D eigenvalue weighted by molar-refractivity contribution is 6.22. The Balaban J connectivity index is 1.56. The van der Waals surface area contributed by atoms with Gasteiger partial charge in [-0.05, 0) is 37.0 Å². The lowest BCUT2D eigenvalue weighted by Gasteiger charge is -2.36. The Labute approximate surface area is 161 Å². The van der Waals surface area contributed by atoms with Crippen LogP contribution in [0, 0.1) is 0 Å². The molecular weight excluding hydrogens is 348 g/mol. The molecule has 6 heteroatoms. The maximum absolute atomic E-state index is 6.18. The number of nitrogens with one attached hydrogen (secondary N) is 1. The van der Waals surface area contributed by atoms with E-state index in [0.717, 1.165) is 49.9 Å². The Morgan fingerprint density at radius 2 is 2.15 bits per heavy atom. The fourth-order valence-electron chi connectivity index (χ4n) is 3.44. The number of ether oxygens (including phenoxy) is 1. The van der Waals surface area contributed by atoms with Crippen LogP contribution in [0.4, 0.5) is 0 Å². The molecule has 0 radical (unpaired) electrons. The van der Waals surface area contributed by atoms with E-state index in [2.05, 4.69) is 51.4 Å². The monoisotopic (exact) mass is 376 g/mol. The zero-order valence-corrected chi connectivity index (χ0v) is 16.5. The van der Waals surface area contributed by atoms with E-state index in [9.17, 15) is 0 Å². The van der Waals surface area contributed by atoms with Crippen molar-refractivity contribution in [1.29, 1.82) is 0 Å². The molecule has 0 amide bonds. The van der Waals surface area contributed by atoms with Gasteiger partial charge in [0.25, 0.3) is 0 Å². The summed E-state index contributed by atoms with van der Waals surface area (Å²) in [5.41, 5.74) is 2.02. The minimum absolute atomic E-state index is 0.346. The van der Waals surface area contributed by atoms with Gasteiger partial charge in [-0.2, -0.15) is 0 Å². The Morgan fingerprint density at radius 3 is 2.96 bits per heavy atom. The van der Waals surface area contributed by atoms with Gasteiger partial charge in [-0.15, -0.1) is 0 Å². The summed E-state index contributed by atoms with van der Waals surface area (Å²) in [4.78, 5) is 9.26. The molecule has 1 unspecified atom stereocenters.